The quantitative estimate of drug-likeness (QED) is 0.430. The van der Waals surface area contributed by atoms with Crippen LogP contribution in [0.4, 0.5) is 10.7 Å². The van der Waals surface area contributed by atoms with Crippen molar-refractivity contribution < 1.29 is 23.9 Å². The fourth-order valence-corrected chi connectivity index (χ4v) is 5.60. The van der Waals surface area contributed by atoms with Crippen LogP contribution < -0.4 is 10.2 Å². The first-order chi connectivity index (χ1) is 17.0. The average Bonchev–Trinajstić information content (AvgIpc) is 3.36. The number of nitriles is 1. The van der Waals surface area contributed by atoms with Gasteiger partial charge in [0.2, 0.25) is 0 Å². The molecule has 9 heteroatoms. The summed E-state index contributed by atoms with van der Waals surface area (Å²) in [6.45, 7) is -0.538. The van der Waals surface area contributed by atoms with Crippen LogP contribution in [0.1, 0.15) is 59.9 Å². The number of rotatable bonds is 5. The predicted molar refractivity (Wildman–Crippen MR) is 129 cm³/mol. The lowest BCUT2D eigenvalue weighted by Gasteiger charge is -2.14. The summed E-state index contributed by atoms with van der Waals surface area (Å²) in [4.78, 5) is 52.6. The number of esters is 1. The van der Waals surface area contributed by atoms with Crippen molar-refractivity contribution in [3.8, 4) is 6.07 Å². The second kappa shape index (κ2) is 9.16. The van der Waals surface area contributed by atoms with Crippen molar-refractivity contribution in [1.82, 2.24) is 0 Å². The van der Waals surface area contributed by atoms with E-state index in [9.17, 15) is 24.4 Å². The number of nitrogens with zero attached hydrogens (tertiary/aromatic N) is 2. The zero-order valence-corrected chi connectivity index (χ0v) is 19.3. The molecule has 3 aromatic rings. The Bertz CT molecular complexity index is 1400. The normalized spacial score (nSPS) is 14.2. The number of thiophene rings is 1. The maximum Gasteiger partial charge on any atom is 0.338 e. The summed E-state index contributed by atoms with van der Waals surface area (Å²) < 4.78 is 5.15. The molecule has 0 saturated heterocycles. The molecule has 2 heterocycles. The fraction of sp³-hybridized carbons (Fsp3) is 0.192. The fourth-order valence-electron chi connectivity index (χ4n) is 4.35. The van der Waals surface area contributed by atoms with Gasteiger partial charge in [-0.05, 0) is 61.6 Å². The monoisotopic (exact) mass is 485 g/mol. The smallest absolute Gasteiger partial charge is 0.338 e. The molecule has 0 bridgehead atoms. The Labute approximate surface area is 204 Å². The van der Waals surface area contributed by atoms with Crippen molar-refractivity contribution in [2.75, 3.05) is 16.8 Å². The molecule has 0 atom stereocenters. The van der Waals surface area contributed by atoms with E-state index in [-0.39, 0.29) is 11.3 Å². The van der Waals surface area contributed by atoms with Crippen LogP contribution in [0.15, 0.2) is 48.5 Å². The lowest BCUT2D eigenvalue weighted by atomic mass is 9.96. The topological polar surface area (TPSA) is 117 Å². The molecule has 1 N–H and O–H groups in total. The van der Waals surface area contributed by atoms with Gasteiger partial charge in [0.25, 0.3) is 17.7 Å². The minimum absolute atomic E-state index is 0.0937. The highest BCUT2D eigenvalue weighted by atomic mass is 32.1. The van der Waals surface area contributed by atoms with Crippen LogP contribution in [-0.4, -0.2) is 30.3 Å². The van der Waals surface area contributed by atoms with E-state index in [1.165, 1.54) is 29.5 Å². The number of hydrogen-bond donors (Lipinski definition) is 1. The molecule has 0 spiro atoms. The summed E-state index contributed by atoms with van der Waals surface area (Å²) in [5.41, 5.74) is 2.41. The van der Waals surface area contributed by atoms with Crippen LogP contribution in [-0.2, 0) is 22.4 Å². The van der Waals surface area contributed by atoms with Crippen LogP contribution in [0.5, 0.6) is 0 Å². The van der Waals surface area contributed by atoms with Crippen molar-refractivity contribution in [2.45, 2.75) is 25.7 Å². The van der Waals surface area contributed by atoms with E-state index in [1.54, 1.807) is 30.3 Å². The van der Waals surface area contributed by atoms with Crippen molar-refractivity contribution in [1.29, 1.82) is 5.26 Å². The highest BCUT2D eigenvalue weighted by Gasteiger charge is 2.36. The van der Waals surface area contributed by atoms with Gasteiger partial charge in [0.15, 0.2) is 6.61 Å². The van der Waals surface area contributed by atoms with Gasteiger partial charge in [-0.15, -0.1) is 11.3 Å². The van der Waals surface area contributed by atoms with E-state index in [2.05, 4.69) is 11.4 Å². The Kier molecular flexibility index (Phi) is 5.89. The molecule has 8 nitrogen and oxygen atoms in total. The molecule has 2 aromatic carbocycles. The number of benzene rings is 2. The number of fused-ring (bicyclic) bond motifs is 2. The number of carbonyl (C=O) groups is 4. The summed E-state index contributed by atoms with van der Waals surface area (Å²) in [5.74, 6) is -2.26. The molecule has 2 aliphatic rings. The van der Waals surface area contributed by atoms with Gasteiger partial charge in [0, 0.05) is 4.88 Å². The molecule has 0 unspecified atom stereocenters. The lowest BCUT2D eigenvalue weighted by molar-refractivity contribution is -0.119. The first-order valence-corrected chi connectivity index (χ1v) is 11.9. The van der Waals surface area contributed by atoms with Gasteiger partial charge in [0.05, 0.1) is 27.9 Å². The van der Waals surface area contributed by atoms with Gasteiger partial charge in [0.1, 0.15) is 11.1 Å². The standard InChI is InChI=1S/C26H19N3O5S/c27-13-20-17-8-3-4-11-21(17)35-23(20)28-22(30)14-34-26(33)15-6-5-7-16(12-15)29-24(31)18-9-1-2-10-19(18)25(29)32/h1-2,5-7,9-10,12H,3-4,8,11,14H2,(H,28,30). The first kappa shape index (κ1) is 22.5. The van der Waals surface area contributed by atoms with Crippen molar-refractivity contribution >= 4 is 45.7 Å². The van der Waals surface area contributed by atoms with Crippen molar-refractivity contribution in [3.05, 3.63) is 81.2 Å². The molecule has 3 amide bonds. The van der Waals surface area contributed by atoms with Gasteiger partial charge in [-0.25, -0.2) is 9.69 Å². The molecule has 0 fully saturated rings. The third-order valence-electron chi connectivity index (χ3n) is 6.00. The van der Waals surface area contributed by atoms with Gasteiger partial charge in [-0.1, -0.05) is 18.2 Å². The maximum atomic E-state index is 12.7. The number of nitrogens with one attached hydrogen (secondary N) is 1. The maximum absolute atomic E-state index is 12.7. The number of imide groups is 1. The number of aryl methyl sites for hydroxylation is 1. The summed E-state index contributed by atoms with van der Waals surface area (Å²) in [5, 5.41) is 12.7. The number of anilines is 2. The zero-order valence-electron chi connectivity index (χ0n) is 18.5. The second-order valence-electron chi connectivity index (χ2n) is 8.19. The summed E-state index contributed by atoms with van der Waals surface area (Å²) in [6.07, 6.45) is 3.79. The Hall–Kier alpha value is -4.29. The Morgan fingerprint density at radius 2 is 1.74 bits per heavy atom. The molecule has 0 radical (unpaired) electrons. The molecule has 5 rings (SSSR count). The van der Waals surface area contributed by atoms with E-state index in [1.807, 2.05) is 0 Å². The highest BCUT2D eigenvalue weighted by Crippen LogP contribution is 2.37. The first-order valence-electron chi connectivity index (χ1n) is 11.1. The SMILES string of the molecule is N#Cc1c(NC(=O)COC(=O)c2cccc(N3C(=O)c4ccccc4C3=O)c2)sc2c1CCCC2. The summed E-state index contributed by atoms with van der Waals surface area (Å²) >= 11 is 1.39. The summed E-state index contributed by atoms with van der Waals surface area (Å²) in [6, 6.07) is 14.6. The highest BCUT2D eigenvalue weighted by molar-refractivity contribution is 7.16. The van der Waals surface area contributed by atoms with Crippen LogP contribution in [0.3, 0.4) is 0 Å². The number of carbonyl (C=O) groups excluding carboxylic acids is 4. The lowest BCUT2D eigenvalue weighted by Crippen LogP contribution is -2.29. The Morgan fingerprint density at radius 3 is 2.46 bits per heavy atom. The van der Waals surface area contributed by atoms with Gasteiger partial charge >= 0.3 is 5.97 Å². The van der Waals surface area contributed by atoms with E-state index in [0.29, 0.717) is 21.7 Å². The van der Waals surface area contributed by atoms with Crippen LogP contribution in [0, 0.1) is 11.3 Å². The largest absolute Gasteiger partial charge is 0.452 e. The molecular formula is C26H19N3O5S. The molecule has 1 aromatic heterocycles. The molecular weight excluding hydrogens is 466 g/mol. The van der Waals surface area contributed by atoms with E-state index in [4.69, 9.17) is 4.74 Å². The van der Waals surface area contributed by atoms with E-state index < -0.39 is 30.3 Å². The van der Waals surface area contributed by atoms with Crippen LogP contribution in [0.2, 0.25) is 0 Å². The third-order valence-corrected chi connectivity index (χ3v) is 7.21. The second-order valence-corrected chi connectivity index (χ2v) is 9.30. The summed E-state index contributed by atoms with van der Waals surface area (Å²) in [7, 11) is 0. The van der Waals surface area contributed by atoms with Gasteiger partial charge < -0.3 is 10.1 Å². The van der Waals surface area contributed by atoms with Crippen LogP contribution >= 0.6 is 11.3 Å². The molecule has 1 aliphatic heterocycles. The van der Waals surface area contributed by atoms with Crippen molar-refractivity contribution in [3.63, 3.8) is 0 Å². The van der Waals surface area contributed by atoms with E-state index >= 15 is 0 Å². The van der Waals surface area contributed by atoms with E-state index in [0.717, 1.165) is 41.0 Å². The van der Waals surface area contributed by atoms with Gasteiger partial charge in [-0.2, -0.15) is 5.26 Å². The molecule has 35 heavy (non-hydrogen) atoms. The predicted octanol–water partition coefficient (Wildman–Crippen LogP) is 4.09. The Morgan fingerprint density at radius 1 is 1.03 bits per heavy atom. The number of ether oxygens (including phenoxy) is 1. The zero-order chi connectivity index (χ0) is 24.5. The number of hydrogen-bond acceptors (Lipinski definition) is 7. The van der Waals surface area contributed by atoms with Gasteiger partial charge in [-0.3, -0.25) is 14.4 Å². The van der Waals surface area contributed by atoms with Crippen molar-refractivity contribution in [2.24, 2.45) is 0 Å². The minimum atomic E-state index is -0.774. The molecule has 174 valence electrons. The molecule has 0 saturated carbocycles. The molecule has 1 aliphatic carbocycles. The average molecular weight is 486 g/mol. The number of amides is 3. The Balaban J connectivity index is 1.26. The van der Waals surface area contributed by atoms with Crippen LogP contribution in [0.25, 0.3) is 0 Å². The third kappa shape index (κ3) is 4.09. The minimum Gasteiger partial charge on any atom is -0.452 e.